The fourth-order valence-electron chi connectivity index (χ4n) is 1.97. The van der Waals surface area contributed by atoms with Crippen LogP contribution in [-0.2, 0) is 4.79 Å². The Morgan fingerprint density at radius 1 is 1.32 bits per heavy atom. The number of benzene rings is 1. The van der Waals surface area contributed by atoms with Crippen molar-refractivity contribution in [1.29, 1.82) is 0 Å². The third kappa shape index (κ3) is 3.82. The third-order valence-corrected chi connectivity index (χ3v) is 6.14. The van der Waals surface area contributed by atoms with E-state index >= 15 is 0 Å². The summed E-state index contributed by atoms with van der Waals surface area (Å²) in [5.41, 5.74) is 1.76. The number of thiazole rings is 1. The summed E-state index contributed by atoms with van der Waals surface area (Å²) < 4.78 is 2.35. The maximum atomic E-state index is 12.1. The van der Waals surface area contributed by atoms with Gasteiger partial charge < -0.3 is 5.32 Å². The van der Waals surface area contributed by atoms with Gasteiger partial charge in [-0.05, 0) is 12.1 Å². The number of thioether (sulfide) groups is 1. The molecule has 0 saturated heterocycles. The summed E-state index contributed by atoms with van der Waals surface area (Å²) in [4.78, 5) is 17.2. The van der Waals surface area contributed by atoms with Gasteiger partial charge in [-0.2, -0.15) is 4.52 Å². The first kappa shape index (κ1) is 16.5. The van der Waals surface area contributed by atoms with E-state index in [2.05, 4.69) is 25.6 Å². The second-order valence-electron chi connectivity index (χ2n) is 4.81. The Bertz CT molecular complexity index is 996. The highest BCUT2D eigenvalue weighted by atomic mass is 35.5. The van der Waals surface area contributed by atoms with Crippen LogP contribution < -0.4 is 5.32 Å². The van der Waals surface area contributed by atoms with Gasteiger partial charge in [0.15, 0.2) is 9.47 Å². The number of hydrogen-bond acceptors (Lipinski definition) is 8. The molecule has 1 aromatic carbocycles. The van der Waals surface area contributed by atoms with Gasteiger partial charge in [0, 0.05) is 16.0 Å². The Hall–Kier alpha value is -2.01. The molecule has 25 heavy (non-hydrogen) atoms. The molecular formula is C14H9ClN6OS3. The van der Waals surface area contributed by atoms with Gasteiger partial charge in [0.05, 0.1) is 11.4 Å². The van der Waals surface area contributed by atoms with E-state index in [-0.39, 0.29) is 11.7 Å². The molecule has 0 radical (unpaired) electrons. The molecule has 0 aliphatic carbocycles. The van der Waals surface area contributed by atoms with Gasteiger partial charge in [0.1, 0.15) is 6.33 Å². The molecule has 0 unspecified atom stereocenters. The number of anilines is 1. The summed E-state index contributed by atoms with van der Waals surface area (Å²) in [5.74, 6) is 0.118. The summed E-state index contributed by atoms with van der Waals surface area (Å²) in [5, 5.41) is 17.9. The van der Waals surface area contributed by atoms with Crippen LogP contribution in [0.1, 0.15) is 0 Å². The predicted octanol–water partition coefficient (Wildman–Crippen LogP) is 3.69. The average Bonchev–Trinajstić information content (AvgIpc) is 3.29. The molecule has 0 bridgehead atoms. The van der Waals surface area contributed by atoms with E-state index in [1.54, 1.807) is 4.52 Å². The van der Waals surface area contributed by atoms with Gasteiger partial charge in [-0.1, -0.05) is 46.8 Å². The second kappa shape index (κ2) is 7.08. The first-order valence-electron chi connectivity index (χ1n) is 6.98. The molecular weight excluding hydrogens is 400 g/mol. The van der Waals surface area contributed by atoms with Gasteiger partial charge in [-0.25, -0.2) is 4.98 Å². The van der Waals surface area contributed by atoms with Crippen LogP contribution in [0.2, 0.25) is 5.02 Å². The van der Waals surface area contributed by atoms with Crippen LogP contribution in [-0.4, -0.2) is 36.5 Å². The molecule has 3 heterocycles. The van der Waals surface area contributed by atoms with E-state index in [0.717, 1.165) is 15.6 Å². The van der Waals surface area contributed by atoms with E-state index in [1.807, 2.05) is 29.6 Å². The zero-order valence-electron chi connectivity index (χ0n) is 12.4. The minimum absolute atomic E-state index is 0.132. The molecule has 126 valence electrons. The Labute approximate surface area is 159 Å². The Morgan fingerprint density at radius 2 is 2.16 bits per heavy atom. The molecule has 0 atom stereocenters. The minimum atomic E-state index is -0.132. The Balaban J connectivity index is 1.36. The number of fused-ring (bicyclic) bond motifs is 1. The van der Waals surface area contributed by atoms with Crippen molar-refractivity contribution in [2.75, 3.05) is 11.1 Å². The summed E-state index contributed by atoms with van der Waals surface area (Å²) in [6, 6.07) is 7.41. The van der Waals surface area contributed by atoms with Crippen molar-refractivity contribution in [3.63, 3.8) is 0 Å². The monoisotopic (exact) mass is 408 g/mol. The molecule has 7 nitrogen and oxygen atoms in total. The summed E-state index contributed by atoms with van der Waals surface area (Å²) in [6.07, 6.45) is 1.53. The number of nitrogens with zero attached hydrogens (tertiary/aromatic N) is 5. The topological polar surface area (TPSA) is 85.1 Å². The highest BCUT2D eigenvalue weighted by Gasteiger charge is 2.11. The molecule has 1 N–H and O–H groups in total. The summed E-state index contributed by atoms with van der Waals surface area (Å²) >= 11 is 10.0. The number of hydrogen-bond donors (Lipinski definition) is 1. The minimum Gasteiger partial charge on any atom is -0.301 e. The van der Waals surface area contributed by atoms with Gasteiger partial charge in [-0.15, -0.1) is 26.6 Å². The van der Waals surface area contributed by atoms with E-state index in [4.69, 9.17) is 11.6 Å². The maximum Gasteiger partial charge on any atom is 0.236 e. The lowest BCUT2D eigenvalue weighted by Crippen LogP contribution is -2.13. The van der Waals surface area contributed by atoms with Crippen molar-refractivity contribution >= 4 is 62.0 Å². The lowest BCUT2D eigenvalue weighted by molar-refractivity contribution is -0.113. The number of amides is 1. The summed E-state index contributed by atoms with van der Waals surface area (Å²) in [7, 11) is 0. The zero-order valence-corrected chi connectivity index (χ0v) is 15.6. The predicted molar refractivity (Wildman–Crippen MR) is 101 cm³/mol. The second-order valence-corrected chi connectivity index (χ2v) is 8.28. The van der Waals surface area contributed by atoms with Crippen LogP contribution in [0.3, 0.4) is 0 Å². The molecule has 0 fully saturated rings. The smallest absolute Gasteiger partial charge is 0.236 e. The Kier molecular flexibility index (Phi) is 4.66. The van der Waals surface area contributed by atoms with Crippen molar-refractivity contribution in [3.8, 4) is 11.3 Å². The van der Waals surface area contributed by atoms with Crippen LogP contribution in [0.15, 0.2) is 40.3 Å². The fraction of sp³-hybridized carbons (Fsp3) is 0.0714. The molecule has 3 aromatic heterocycles. The van der Waals surface area contributed by atoms with Crippen molar-refractivity contribution in [3.05, 3.63) is 41.0 Å². The molecule has 0 aliphatic heterocycles. The van der Waals surface area contributed by atoms with Crippen LogP contribution >= 0.6 is 46.0 Å². The van der Waals surface area contributed by atoms with Gasteiger partial charge in [0.2, 0.25) is 10.9 Å². The van der Waals surface area contributed by atoms with E-state index in [1.165, 1.54) is 40.8 Å². The first-order chi connectivity index (χ1) is 12.2. The number of rotatable bonds is 5. The standard InChI is InChI=1S/C14H9ClN6OS3/c15-9-3-1-8(2-4-9)10-5-23-12(17-10)18-11(22)6-24-14-20-21-7-16-19-13(21)25-14/h1-5,7H,6H2,(H,17,18,22). The lowest BCUT2D eigenvalue weighted by atomic mass is 10.2. The third-order valence-electron chi connectivity index (χ3n) is 3.09. The highest BCUT2D eigenvalue weighted by Crippen LogP contribution is 2.27. The van der Waals surface area contributed by atoms with Crippen LogP contribution in [0, 0.1) is 0 Å². The van der Waals surface area contributed by atoms with Gasteiger partial charge in [0.25, 0.3) is 0 Å². The molecule has 0 spiro atoms. The van der Waals surface area contributed by atoms with Gasteiger partial charge in [-0.3, -0.25) is 4.79 Å². The molecule has 1 amide bonds. The SMILES string of the molecule is O=C(CSc1nn2cnnc2s1)Nc1nc(-c2ccc(Cl)cc2)cs1. The molecule has 0 aliphatic rings. The first-order valence-corrected chi connectivity index (χ1v) is 10.0. The van der Waals surface area contributed by atoms with Crippen molar-refractivity contribution in [1.82, 2.24) is 24.8 Å². The largest absolute Gasteiger partial charge is 0.301 e. The number of carbonyl (C=O) groups excluding carboxylic acids is 1. The van der Waals surface area contributed by atoms with Crippen molar-refractivity contribution in [2.45, 2.75) is 4.34 Å². The number of carbonyl (C=O) groups is 1. The quantitative estimate of drug-likeness (QED) is 0.507. The summed E-state index contributed by atoms with van der Waals surface area (Å²) in [6.45, 7) is 0. The fourth-order valence-corrected chi connectivity index (χ4v) is 4.49. The van der Waals surface area contributed by atoms with E-state index in [9.17, 15) is 4.79 Å². The van der Waals surface area contributed by atoms with E-state index < -0.39 is 0 Å². The lowest BCUT2D eigenvalue weighted by Gasteiger charge is -2.00. The number of nitrogens with one attached hydrogen (secondary N) is 1. The molecule has 4 rings (SSSR count). The maximum absolute atomic E-state index is 12.1. The number of halogens is 1. The average molecular weight is 409 g/mol. The molecule has 0 saturated carbocycles. The number of aromatic nitrogens is 5. The Morgan fingerprint density at radius 3 is 2.96 bits per heavy atom. The normalized spacial score (nSPS) is 11.1. The van der Waals surface area contributed by atoms with Crippen molar-refractivity contribution in [2.24, 2.45) is 0 Å². The van der Waals surface area contributed by atoms with Crippen LogP contribution in [0.25, 0.3) is 16.2 Å². The highest BCUT2D eigenvalue weighted by molar-refractivity contribution is 8.01. The van der Waals surface area contributed by atoms with Gasteiger partial charge >= 0.3 is 0 Å². The van der Waals surface area contributed by atoms with Crippen LogP contribution in [0.5, 0.6) is 0 Å². The molecule has 11 heteroatoms. The molecule has 4 aromatic rings. The van der Waals surface area contributed by atoms with E-state index in [0.29, 0.717) is 15.1 Å². The zero-order chi connectivity index (χ0) is 17.2. The van der Waals surface area contributed by atoms with Crippen molar-refractivity contribution < 1.29 is 4.79 Å². The van der Waals surface area contributed by atoms with Crippen LogP contribution in [0.4, 0.5) is 5.13 Å².